The summed E-state index contributed by atoms with van der Waals surface area (Å²) in [6.45, 7) is 4.09. The number of esters is 4. The lowest BCUT2D eigenvalue weighted by molar-refractivity contribution is -0.296. The molecule has 0 spiro atoms. The van der Waals surface area contributed by atoms with Crippen LogP contribution >= 0.6 is 0 Å². The average Bonchev–Trinajstić information content (AvgIpc) is 2.42. The molecule has 5 atom stereocenters. The van der Waals surface area contributed by atoms with Crippen molar-refractivity contribution in [2.24, 2.45) is 0 Å². The third-order valence-corrected chi connectivity index (χ3v) is 2.97. The molecule has 10 nitrogen and oxygen atoms in total. The zero-order valence-corrected chi connectivity index (χ0v) is 13.7. The first-order chi connectivity index (χ1) is 11.1. The van der Waals surface area contributed by atoms with Crippen molar-refractivity contribution in [3.8, 4) is 0 Å². The van der Waals surface area contributed by atoms with Crippen LogP contribution in [0.1, 0.15) is 27.7 Å². The highest BCUT2D eigenvalue weighted by Crippen LogP contribution is 2.28. The number of aliphatic hydroxyl groups is 1. The second-order valence-electron chi connectivity index (χ2n) is 5.09. The molecule has 10 heteroatoms. The number of carbonyl (C=O) groups is 4. The molecule has 1 fully saturated rings. The molecule has 1 N–H and O–H groups in total. The molecule has 1 aliphatic heterocycles. The highest BCUT2D eigenvalue weighted by molar-refractivity contribution is 5.68. The molecule has 136 valence electrons. The summed E-state index contributed by atoms with van der Waals surface area (Å²) in [5.41, 5.74) is 0. The van der Waals surface area contributed by atoms with E-state index >= 15 is 0 Å². The maximum atomic E-state index is 11.3. The van der Waals surface area contributed by atoms with Gasteiger partial charge >= 0.3 is 23.9 Å². The first-order valence-corrected chi connectivity index (χ1v) is 7.10. The Kier molecular flexibility index (Phi) is 7.11. The first-order valence-electron chi connectivity index (χ1n) is 7.10. The predicted molar refractivity (Wildman–Crippen MR) is 74.2 cm³/mol. The molecule has 1 heterocycles. The summed E-state index contributed by atoms with van der Waals surface area (Å²) in [5.74, 6) is -2.87. The largest absolute Gasteiger partial charge is 0.463 e. The Bertz CT molecular complexity index is 502. The monoisotopic (exact) mass is 348 g/mol. The molecule has 24 heavy (non-hydrogen) atoms. The van der Waals surface area contributed by atoms with Gasteiger partial charge in [0.25, 0.3) is 0 Å². The van der Waals surface area contributed by atoms with Crippen molar-refractivity contribution < 1.29 is 48.0 Å². The number of ether oxygens (including phenoxy) is 5. The normalized spacial score (nSPS) is 29.3. The second kappa shape index (κ2) is 8.60. The van der Waals surface area contributed by atoms with Crippen molar-refractivity contribution >= 4 is 23.9 Å². The summed E-state index contributed by atoms with van der Waals surface area (Å²) >= 11 is 0. The summed E-state index contributed by atoms with van der Waals surface area (Å²) in [5, 5.41) is 10.0. The summed E-state index contributed by atoms with van der Waals surface area (Å²) in [6.07, 6.45) is -6.79. The lowest BCUT2D eigenvalue weighted by atomic mass is 9.98. The van der Waals surface area contributed by atoms with Crippen LogP contribution in [0.15, 0.2) is 0 Å². The number of hydrogen-bond acceptors (Lipinski definition) is 10. The Labute approximate surface area is 137 Å². The maximum Gasteiger partial charge on any atom is 0.303 e. The van der Waals surface area contributed by atoms with Gasteiger partial charge in [-0.2, -0.15) is 0 Å². The van der Waals surface area contributed by atoms with Gasteiger partial charge in [-0.05, 0) is 0 Å². The predicted octanol–water partition coefficient (Wildman–Crippen LogP) is -0.938. The van der Waals surface area contributed by atoms with Crippen LogP contribution in [0.5, 0.6) is 0 Å². The van der Waals surface area contributed by atoms with E-state index < -0.39 is 54.6 Å². The van der Waals surface area contributed by atoms with Crippen molar-refractivity contribution in [2.75, 3.05) is 6.61 Å². The minimum Gasteiger partial charge on any atom is -0.463 e. The minimum absolute atomic E-state index is 0.366. The smallest absolute Gasteiger partial charge is 0.303 e. The van der Waals surface area contributed by atoms with Crippen LogP contribution < -0.4 is 0 Å². The Morgan fingerprint density at radius 2 is 1.25 bits per heavy atom. The van der Waals surface area contributed by atoms with E-state index in [2.05, 4.69) is 0 Å². The fourth-order valence-corrected chi connectivity index (χ4v) is 2.21. The van der Waals surface area contributed by atoms with Crippen molar-refractivity contribution in [1.29, 1.82) is 0 Å². The average molecular weight is 348 g/mol. The quantitative estimate of drug-likeness (QED) is 0.490. The molecule has 0 aliphatic carbocycles. The second-order valence-corrected chi connectivity index (χ2v) is 5.09. The maximum absolute atomic E-state index is 11.3. The van der Waals surface area contributed by atoms with Crippen molar-refractivity contribution in [2.45, 2.75) is 58.4 Å². The van der Waals surface area contributed by atoms with Gasteiger partial charge in [0.15, 0.2) is 24.6 Å². The lowest BCUT2D eigenvalue weighted by Crippen LogP contribution is -2.62. The molecule has 0 aromatic carbocycles. The Morgan fingerprint density at radius 3 is 1.71 bits per heavy atom. The van der Waals surface area contributed by atoms with Crippen LogP contribution in [0.4, 0.5) is 0 Å². The van der Waals surface area contributed by atoms with Gasteiger partial charge < -0.3 is 28.8 Å². The SMILES string of the molecule is CC(=O)OC[C@H]1O[C@@H](O)[C@@H](OC(C)=O)[C@H](OC(C)=O)[C@H]1OC(C)=O. The first kappa shape index (κ1) is 19.8. The van der Waals surface area contributed by atoms with E-state index in [9.17, 15) is 24.3 Å². The van der Waals surface area contributed by atoms with Gasteiger partial charge in [-0.25, -0.2) is 0 Å². The van der Waals surface area contributed by atoms with Crippen molar-refractivity contribution in [1.82, 2.24) is 0 Å². The van der Waals surface area contributed by atoms with E-state index in [0.717, 1.165) is 27.7 Å². The summed E-state index contributed by atoms with van der Waals surface area (Å²) in [7, 11) is 0. The third-order valence-electron chi connectivity index (χ3n) is 2.97. The summed E-state index contributed by atoms with van der Waals surface area (Å²) in [6, 6.07) is 0. The van der Waals surface area contributed by atoms with Gasteiger partial charge in [0, 0.05) is 27.7 Å². The Balaban J connectivity index is 3.11. The molecule has 0 amide bonds. The molecular formula is C14H20O10. The molecule has 0 radical (unpaired) electrons. The Hall–Kier alpha value is -2.20. The molecular weight excluding hydrogens is 328 g/mol. The minimum atomic E-state index is -1.68. The molecule has 1 aliphatic rings. The molecule has 1 saturated heterocycles. The topological polar surface area (TPSA) is 135 Å². The summed E-state index contributed by atoms with van der Waals surface area (Å²) in [4.78, 5) is 44.9. The van der Waals surface area contributed by atoms with Crippen molar-refractivity contribution in [3.63, 3.8) is 0 Å². The lowest BCUT2D eigenvalue weighted by Gasteiger charge is -2.42. The summed E-state index contributed by atoms with van der Waals surface area (Å²) < 4.78 is 25.0. The van der Waals surface area contributed by atoms with E-state index in [1.54, 1.807) is 0 Å². The van der Waals surface area contributed by atoms with Gasteiger partial charge in [0.1, 0.15) is 12.7 Å². The molecule has 0 aromatic rings. The molecule has 0 aromatic heterocycles. The van der Waals surface area contributed by atoms with Gasteiger partial charge in [0.2, 0.25) is 0 Å². The van der Waals surface area contributed by atoms with Gasteiger partial charge in [-0.15, -0.1) is 0 Å². The van der Waals surface area contributed by atoms with Gasteiger partial charge in [-0.3, -0.25) is 19.2 Å². The standard InChI is InChI=1S/C14H20O10/c1-6(15)20-5-10-11(21-7(2)16)12(22-8(3)17)13(14(19)24-10)23-9(4)18/h10-14,19H,5H2,1-4H3/t10-,11+,12-,13+,14-/m1/s1. The number of aliphatic hydroxyl groups excluding tert-OH is 1. The third kappa shape index (κ3) is 5.78. The highest BCUT2D eigenvalue weighted by atomic mass is 16.7. The number of carbonyl (C=O) groups excluding carboxylic acids is 4. The fraction of sp³-hybridized carbons (Fsp3) is 0.714. The zero-order valence-electron chi connectivity index (χ0n) is 13.7. The van der Waals surface area contributed by atoms with Crippen LogP contribution in [-0.4, -0.2) is 66.3 Å². The van der Waals surface area contributed by atoms with Crippen LogP contribution in [0.3, 0.4) is 0 Å². The van der Waals surface area contributed by atoms with E-state index in [1.807, 2.05) is 0 Å². The molecule has 0 saturated carbocycles. The highest BCUT2D eigenvalue weighted by Gasteiger charge is 2.51. The molecule has 1 rings (SSSR count). The van der Waals surface area contributed by atoms with Gasteiger partial charge in [0.05, 0.1) is 0 Å². The van der Waals surface area contributed by atoms with Crippen LogP contribution in [-0.2, 0) is 42.9 Å². The fourth-order valence-electron chi connectivity index (χ4n) is 2.21. The van der Waals surface area contributed by atoms with Crippen molar-refractivity contribution in [3.05, 3.63) is 0 Å². The molecule has 0 unspecified atom stereocenters. The number of rotatable bonds is 5. The van der Waals surface area contributed by atoms with Crippen LogP contribution in [0.2, 0.25) is 0 Å². The van der Waals surface area contributed by atoms with E-state index in [4.69, 9.17) is 23.7 Å². The molecule has 0 bridgehead atoms. The van der Waals surface area contributed by atoms with E-state index in [0.29, 0.717) is 0 Å². The van der Waals surface area contributed by atoms with Crippen LogP contribution in [0.25, 0.3) is 0 Å². The van der Waals surface area contributed by atoms with E-state index in [1.165, 1.54) is 0 Å². The van der Waals surface area contributed by atoms with Gasteiger partial charge in [-0.1, -0.05) is 0 Å². The van der Waals surface area contributed by atoms with Crippen LogP contribution in [0, 0.1) is 0 Å². The number of hydrogen-bond donors (Lipinski definition) is 1. The zero-order chi connectivity index (χ0) is 18.4. The van der Waals surface area contributed by atoms with E-state index in [-0.39, 0.29) is 6.61 Å². The Morgan fingerprint density at radius 1 is 0.792 bits per heavy atom.